The number of hydrogen-bond donors (Lipinski definition) is 2. The summed E-state index contributed by atoms with van der Waals surface area (Å²) < 4.78 is 35.0. The summed E-state index contributed by atoms with van der Waals surface area (Å²) in [6, 6.07) is 13.6. The van der Waals surface area contributed by atoms with E-state index in [1.165, 1.54) is 12.1 Å². The number of anilines is 1. The van der Waals surface area contributed by atoms with E-state index in [-0.39, 0.29) is 11.3 Å². The molecule has 3 rings (SSSR count). The minimum atomic E-state index is -3.73. The third kappa shape index (κ3) is 4.71. The third-order valence-corrected chi connectivity index (χ3v) is 5.82. The number of aromatic nitrogens is 1. The zero-order chi connectivity index (χ0) is 20.1. The molecule has 7 nitrogen and oxygen atoms in total. The Morgan fingerprint density at radius 3 is 2.57 bits per heavy atom. The molecule has 148 valence electrons. The predicted octanol–water partition coefficient (Wildman–Crippen LogP) is 3.11. The molecule has 0 spiro atoms. The van der Waals surface area contributed by atoms with E-state index in [0.717, 1.165) is 23.0 Å². The quantitative estimate of drug-likeness (QED) is 0.573. The number of aryl methyl sites for hydroxylation is 1. The second-order valence-corrected chi connectivity index (χ2v) is 8.10. The number of benzene rings is 2. The maximum absolute atomic E-state index is 12.6. The molecular formula is C20H22N2O5S. The summed E-state index contributed by atoms with van der Waals surface area (Å²) in [5.74, 6) is -0.884. The highest BCUT2D eigenvalue weighted by atomic mass is 32.2. The molecule has 0 saturated carbocycles. The van der Waals surface area contributed by atoms with Crippen LogP contribution in [0.4, 0.5) is 5.69 Å². The number of ether oxygens (including phenoxy) is 1. The molecule has 0 aliphatic carbocycles. The first-order valence-corrected chi connectivity index (χ1v) is 10.3. The van der Waals surface area contributed by atoms with Gasteiger partial charge in [-0.2, -0.15) is 0 Å². The lowest BCUT2D eigenvalue weighted by Crippen LogP contribution is -2.13. The van der Waals surface area contributed by atoms with E-state index in [2.05, 4.69) is 4.72 Å². The Kier molecular flexibility index (Phi) is 6.01. The van der Waals surface area contributed by atoms with Crippen LogP contribution in [-0.2, 0) is 32.5 Å². The SMILES string of the molecule is COCCn1ccc2cc(NS(=O)(=O)c3ccc(CCC(=O)O)cc3)ccc21. The highest BCUT2D eigenvalue weighted by Gasteiger charge is 2.15. The lowest BCUT2D eigenvalue weighted by Gasteiger charge is -2.10. The summed E-state index contributed by atoms with van der Waals surface area (Å²) in [7, 11) is -2.08. The second kappa shape index (κ2) is 8.45. The summed E-state index contributed by atoms with van der Waals surface area (Å²) in [6.07, 6.45) is 2.31. The van der Waals surface area contributed by atoms with Gasteiger partial charge < -0.3 is 14.4 Å². The Morgan fingerprint density at radius 2 is 1.89 bits per heavy atom. The minimum Gasteiger partial charge on any atom is -0.481 e. The van der Waals surface area contributed by atoms with Gasteiger partial charge in [0.1, 0.15) is 0 Å². The summed E-state index contributed by atoms with van der Waals surface area (Å²) >= 11 is 0. The molecule has 28 heavy (non-hydrogen) atoms. The fraction of sp³-hybridized carbons (Fsp3) is 0.250. The van der Waals surface area contributed by atoms with Crippen LogP contribution in [-0.4, -0.2) is 37.8 Å². The smallest absolute Gasteiger partial charge is 0.303 e. The average molecular weight is 402 g/mol. The Bertz CT molecular complexity index is 1070. The Morgan fingerprint density at radius 1 is 1.14 bits per heavy atom. The van der Waals surface area contributed by atoms with Crippen LogP contribution in [0.3, 0.4) is 0 Å². The summed E-state index contributed by atoms with van der Waals surface area (Å²) in [4.78, 5) is 10.8. The van der Waals surface area contributed by atoms with Crippen LogP contribution in [0.25, 0.3) is 10.9 Å². The number of hydrogen-bond acceptors (Lipinski definition) is 4. The molecule has 0 fully saturated rings. The van der Waals surface area contributed by atoms with Gasteiger partial charge in [0, 0.05) is 42.9 Å². The number of rotatable bonds is 9. The van der Waals surface area contributed by atoms with Crippen LogP contribution < -0.4 is 4.72 Å². The van der Waals surface area contributed by atoms with Gasteiger partial charge >= 0.3 is 5.97 Å². The van der Waals surface area contributed by atoms with E-state index in [1.54, 1.807) is 31.4 Å². The number of nitrogens with zero attached hydrogens (tertiary/aromatic N) is 1. The number of methoxy groups -OCH3 is 1. The predicted molar refractivity (Wildman–Crippen MR) is 107 cm³/mol. The first-order valence-electron chi connectivity index (χ1n) is 8.80. The van der Waals surface area contributed by atoms with Crippen molar-refractivity contribution in [2.75, 3.05) is 18.4 Å². The van der Waals surface area contributed by atoms with Gasteiger partial charge in [0.15, 0.2) is 0 Å². The monoisotopic (exact) mass is 402 g/mol. The maximum Gasteiger partial charge on any atom is 0.303 e. The summed E-state index contributed by atoms with van der Waals surface area (Å²) in [5.41, 5.74) is 2.26. The molecular weight excluding hydrogens is 380 g/mol. The van der Waals surface area contributed by atoms with Gasteiger partial charge in [0.25, 0.3) is 10.0 Å². The number of aliphatic carboxylic acids is 1. The molecule has 0 saturated heterocycles. The van der Waals surface area contributed by atoms with Crippen molar-refractivity contribution in [1.29, 1.82) is 0 Å². The van der Waals surface area contributed by atoms with Crippen LogP contribution in [0.1, 0.15) is 12.0 Å². The van der Waals surface area contributed by atoms with E-state index in [0.29, 0.717) is 18.7 Å². The van der Waals surface area contributed by atoms with Crippen molar-refractivity contribution in [2.24, 2.45) is 0 Å². The normalized spacial score (nSPS) is 11.6. The number of carboxylic acid groups (broad SMARTS) is 1. The molecule has 0 bridgehead atoms. The molecule has 2 N–H and O–H groups in total. The largest absolute Gasteiger partial charge is 0.481 e. The number of sulfonamides is 1. The highest BCUT2D eigenvalue weighted by Crippen LogP contribution is 2.23. The van der Waals surface area contributed by atoms with Crippen molar-refractivity contribution < 1.29 is 23.1 Å². The van der Waals surface area contributed by atoms with Crippen LogP contribution in [0.15, 0.2) is 59.6 Å². The lowest BCUT2D eigenvalue weighted by molar-refractivity contribution is -0.136. The van der Waals surface area contributed by atoms with Crippen molar-refractivity contribution >= 4 is 32.6 Å². The first kappa shape index (κ1) is 19.9. The number of carbonyl (C=O) groups is 1. The summed E-state index contributed by atoms with van der Waals surface area (Å²) in [6.45, 7) is 1.32. The zero-order valence-electron chi connectivity index (χ0n) is 15.5. The van der Waals surface area contributed by atoms with Crippen LogP contribution in [0, 0.1) is 0 Å². The van der Waals surface area contributed by atoms with Gasteiger partial charge in [-0.15, -0.1) is 0 Å². The van der Waals surface area contributed by atoms with Crippen LogP contribution in [0.5, 0.6) is 0 Å². The number of fused-ring (bicyclic) bond motifs is 1. The highest BCUT2D eigenvalue weighted by molar-refractivity contribution is 7.92. The standard InChI is InChI=1S/C20H22N2O5S/c1-27-13-12-22-11-10-16-14-17(5-8-19(16)22)21-28(25,26)18-6-2-15(3-7-18)4-9-20(23)24/h2-3,5-8,10-11,14,21H,4,9,12-13H2,1H3,(H,23,24). The van der Waals surface area contributed by atoms with Crippen molar-refractivity contribution in [1.82, 2.24) is 4.57 Å². The van der Waals surface area contributed by atoms with Gasteiger partial charge in [0.05, 0.1) is 11.5 Å². The summed E-state index contributed by atoms with van der Waals surface area (Å²) in [5, 5.41) is 9.66. The van der Waals surface area contributed by atoms with E-state index in [9.17, 15) is 13.2 Å². The molecule has 0 atom stereocenters. The van der Waals surface area contributed by atoms with Crippen molar-refractivity contribution in [3.8, 4) is 0 Å². The van der Waals surface area contributed by atoms with E-state index in [4.69, 9.17) is 9.84 Å². The van der Waals surface area contributed by atoms with Crippen LogP contribution >= 0.6 is 0 Å². The Hall–Kier alpha value is -2.84. The molecule has 1 aromatic heterocycles. The fourth-order valence-electron chi connectivity index (χ4n) is 2.95. The third-order valence-electron chi connectivity index (χ3n) is 4.42. The molecule has 8 heteroatoms. The first-order chi connectivity index (χ1) is 13.4. The fourth-order valence-corrected chi connectivity index (χ4v) is 4.00. The van der Waals surface area contributed by atoms with E-state index in [1.807, 2.05) is 22.9 Å². The number of nitrogens with one attached hydrogen (secondary N) is 1. The van der Waals surface area contributed by atoms with E-state index >= 15 is 0 Å². The zero-order valence-corrected chi connectivity index (χ0v) is 16.3. The van der Waals surface area contributed by atoms with Crippen molar-refractivity contribution in [2.45, 2.75) is 24.3 Å². The van der Waals surface area contributed by atoms with Gasteiger partial charge in [-0.1, -0.05) is 12.1 Å². The molecule has 0 amide bonds. The number of carboxylic acids is 1. The van der Waals surface area contributed by atoms with Crippen molar-refractivity contribution in [3.05, 3.63) is 60.3 Å². The molecule has 3 aromatic rings. The molecule has 0 aliphatic rings. The molecule has 1 heterocycles. The Labute approximate surface area is 163 Å². The molecule has 2 aromatic carbocycles. The van der Waals surface area contributed by atoms with Gasteiger partial charge in [-0.05, 0) is 48.4 Å². The van der Waals surface area contributed by atoms with Gasteiger partial charge in [0.2, 0.25) is 0 Å². The average Bonchev–Trinajstić information content (AvgIpc) is 3.07. The molecule has 0 aliphatic heterocycles. The molecule has 0 unspecified atom stereocenters. The molecule has 0 radical (unpaired) electrons. The topological polar surface area (TPSA) is 97.6 Å². The van der Waals surface area contributed by atoms with Crippen molar-refractivity contribution in [3.63, 3.8) is 0 Å². The van der Waals surface area contributed by atoms with Gasteiger partial charge in [-0.3, -0.25) is 9.52 Å². The second-order valence-electron chi connectivity index (χ2n) is 6.42. The van der Waals surface area contributed by atoms with E-state index < -0.39 is 16.0 Å². The lowest BCUT2D eigenvalue weighted by atomic mass is 10.1. The van der Waals surface area contributed by atoms with Gasteiger partial charge in [-0.25, -0.2) is 8.42 Å². The Balaban J connectivity index is 1.75. The minimum absolute atomic E-state index is 0.00832. The maximum atomic E-state index is 12.6. The van der Waals surface area contributed by atoms with Crippen LogP contribution in [0.2, 0.25) is 0 Å².